The topological polar surface area (TPSA) is 159 Å². The summed E-state index contributed by atoms with van der Waals surface area (Å²) in [5, 5.41) is 0. The van der Waals surface area contributed by atoms with Gasteiger partial charge in [0.05, 0.1) is 19.8 Å². The lowest BCUT2D eigenvalue weighted by Gasteiger charge is -2.16. The average Bonchev–Trinajstić information content (AvgIpc) is 2.92. The summed E-state index contributed by atoms with van der Waals surface area (Å²) in [6.07, 6.45) is 2.26. The van der Waals surface area contributed by atoms with Crippen LogP contribution in [0.4, 0.5) is 14.4 Å². The van der Waals surface area contributed by atoms with Crippen molar-refractivity contribution in [3.8, 4) is 11.5 Å². The van der Waals surface area contributed by atoms with Crippen molar-refractivity contribution in [2.75, 3.05) is 26.4 Å². The molecule has 0 aliphatic carbocycles. The smallest absolute Gasteiger partial charge is 0.461 e. The van der Waals surface area contributed by atoms with Crippen LogP contribution in [0, 0.1) is 0 Å². The molecule has 12 nitrogen and oxygen atoms in total. The van der Waals surface area contributed by atoms with E-state index in [0.29, 0.717) is 24.8 Å². The van der Waals surface area contributed by atoms with Gasteiger partial charge in [0.25, 0.3) is 0 Å². The predicted octanol–water partition coefficient (Wildman–Crippen LogP) is 5.46. The molecule has 0 saturated carbocycles. The quantitative estimate of drug-likeness (QED) is 0.103. The standard InChI is InChI=1S/C28H43NO11/c1-5-8-10-15-35-27(32)39-23-13-12-21(18-24(23)40-28(33)36-16-11-9-6-2)17-22(29)25(30)37-19-20(4)38-26(31)34-14-7-3/h12-13,18,20,22H,5-11,14-17,19,29H2,1-4H3/t20-,22-/m0/s1. The van der Waals surface area contributed by atoms with E-state index in [4.69, 9.17) is 38.9 Å². The molecule has 0 aromatic heterocycles. The Hall–Kier alpha value is -3.54. The van der Waals surface area contributed by atoms with Gasteiger partial charge in [0.15, 0.2) is 11.5 Å². The van der Waals surface area contributed by atoms with Crippen LogP contribution in [0.1, 0.15) is 78.2 Å². The Bertz CT molecular complexity index is 922. The molecule has 2 N–H and O–H groups in total. The van der Waals surface area contributed by atoms with Crippen LogP contribution in [0.15, 0.2) is 18.2 Å². The van der Waals surface area contributed by atoms with Crippen LogP contribution in [0.3, 0.4) is 0 Å². The molecule has 1 aromatic rings. The molecule has 0 radical (unpaired) electrons. The van der Waals surface area contributed by atoms with E-state index < -0.39 is 36.6 Å². The Kier molecular flexibility index (Phi) is 17.6. The Balaban J connectivity index is 2.80. The lowest BCUT2D eigenvalue weighted by molar-refractivity contribution is -0.148. The molecule has 0 spiro atoms. The van der Waals surface area contributed by atoms with Crippen molar-refractivity contribution in [1.29, 1.82) is 0 Å². The second kappa shape index (κ2) is 20.4. The summed E-state index contributed by atoms with van der Waals surface area (Å²) < 4.78 is 35.6. The molecule has 2 atom stereocenters. The first-order valence-electron chi connectivity index (χ1n) is 13.8. The Morgan fingerprint density at radius 2 is 1.30 bits per heavy atom. The van der Waals surface area contributed by atoms with Crippen LogP contribution in [0.2, 0.25) is 0 Å². The van der Waals surface area contributed by atoms with Gasteiger partial charge in [0, 0.05) is 0 Å². The van der Waals surface area contributed by atoms with E-state index in [1.165, 1.54) is 12.1 Å². The summed E-state index contributed by atoms with van der Waals surface area (Å²) in [6.45, 7) is 7.83. The highest BCUT2D eigenvalue weighted by atomic mass is 16.7. The number of hydrogen-bond acceptors (Lipinski definition) is 12. The van der Waals surface area contributed by atoms with Crippen LogP contribution in [-0.2, 0) is 34.9 Å². The molecule has 12 heteroatoms. The van der Waals surface area contributed by atoms with Gasteiger partial charge in [-0.2, -0.15) is 0 Å². The van der Waals surface area contributed by atoms with Crippen LogP contribution in [0.25, 0.3) is 0 Å². The molecule has 40 heavy (non-hydrogen) atoms. The van der Waals surface area contributed by atoms with Crippen LogP contribution < -0.4 is 15.2 Å². The maximum Gasteiger partial charge on any atom is 0.513 e. The van der Waals surface area contributed by atoms with Crippen LogP contribution >= 0.6 is 0 Å². The van der Waals surface area contributed by atoms with Crippen LogP contribution in [-0.4, -0.2) is 63.0 Å². The number of esters is 1. The first-order chi connectivity index (χ1) is 19.2. The first kappa shape index (κ1) is 34.5. The number of hydrogen-bond donors (Lipinski definition) is 1. The Labute approximate surface area is 235 Å². The highest BCUT2D eigenvalue weighted by Crippen LogP contribution is 2.30. The number of carbonyl (C=O) groups excluding carboxylic acids is 4. The van der Waals surface area contributed by atoms with Gasteiger partial charge in [-0.25, -0.2) is 14.4 Å². The monoisotopic (exact) mass is 569 g/mol. The number of rotatable bonds is 18. The maximum atomic E-state index is 12.4. The van der Waals surface area contributed by atoms with Gasteiger partial charge in [-0.15, -0.1) is 0 Å². The van der Waals surface area contributed by atoms with E-state index in [-0.39, 0.29) is 44.3 Å². The second-order valence-electron chi connectivity index (χ2n) is 9.06. The summed E-state index contributed by atoms with van der Waals surface area (Å²) in [7, 11) is 0. The van der Waals surface area contributed by atoms with Gasteiger partial charge >= 0.3 is 24.4 Å². The molecule has 1 aromatic carbocycles. The number of ether oxygens (including phenoxy) is 7. The molecule has 1 rings (SSSR count). The summed E-state index contributed by atoms with van der Waals surface area (Å²) in [5.74, 6) is -0.894. The Morgan fingerprint density at radius 3 is 1.88 bits per heavy atom. The van der Waals surface area contributed by atoms with Gasteiger partial charge < -0.3 is 38.9 Å². The molecule has 0 amide bonds. The number of nitrogens with two attached hydrogens (primary N) is 1. The first-order valence-corrected chi connectivity index (χ1v) is 13.8. The third-order valence-corrected chi connectivity index (χ3v) is 5.27. The highest BCUT2D eigenvalue weighted by molar-refractivity contribution is 5.76. The van der Waals surface area contributed by atoms with E-state index in [1.54, 1.807) is 13.0 Å². The molecule has 0 bridgehead atoms. The van der Waals surface area contributed by atoms with Gasteiger partial charge in [-0.3, -0.25) is 4.79 Å². The minimum Gasteiger partial charge on any atom is -0.461 e. The van der Waals surface area contributed by atoms with Crippen molar-refractivity contribution in [2.24, 2.45) is 5.73 Å². The van der Waals surface area contributed by atoms with Crippen molar-refractivity contribution in [3.05, 3.63) is 23.8 Å². The zero-order valence-electron chi connectivity index (χ0n) is 23.9. The van der Waals surface area contributed by atoms with Crippen molar-refractivity contribution >= 4 is 24.4 Å². The molecule has 226 valence electrons. The third kappa shape index (κ3) is 15.2. The van der Waals surface area contributed by atoms with Gasteiger partial charge in [-0.1, -0.05) is 52.5 Å². The van der Waals surface area contributed by atoms with Gasteiger partial charge in [0.2, 0.25) is 0 Å². The number of unbranched alkanes of at least 4 members (excludes halogenated alkanes) is 4. The second-order valence-corrected chi connectivity index (χ2v) is 9.06. The molecular formula is C28H43NO11. The van der Waals surface area contributed by atoms with Gasteiger partial charge in [0.1, 0.15) is 18.8 Å². The number of benzene rings is 1. The molecule has 0 saturated heterocycles. The molecule has 0 unspecified atom stereocenters. The molecule has 0 aliphatic heterocycles. The predicted molar refractivity (Wildman–Crippen MR) is 144 cm³/mol. The summed E-state index contributed by atoms with van der Waals surface area (Å²) in [6, 6.07) is 3.29. The van der Waals surface area contributed by atoms with E-state index >= 15 is 0 Å². The average molecular weight is 570 g/mol. The summed E-state index contributed by atoms with van der Waals surface area (Å²) in [5.41, 5.74) is 6.50. The lowest BCUT2D eigenvalue weighted by atomic mass is 10.1. The van der Waals surface area contributed by atoms with Crippen molar-refractivity contribution in [3.63, 3.8) is 0 Å². The number of carbonyl (C=O) groups is 4. The van der Waals surface area contributed by atoms with E-state index in [0.717, 1.165) is 25.7 Å². The van der Waals surface area contributed by atoms with Crippen molar-refractivity contribution in [1.82, 2.24) is 0 Å². The molecule has 0 aliphatic rings. The SMILES string of the molecule is CCCCCOC(=O)Oc1ccc(C[C@H](N)C(=O)OC[C@H](C)OC(=O)OCCC)cc1OC(=O)OCCCCC. The fraction of sp³-hybridized carbons (Fsp3) is 0.643. The van der Waals surface area contributed by atoms with Crippen molar-refractivity contribution < 1.29 is 52.3 Å². The molecule has 0 heterocycles. The molecule has 0 fully saturated rings. The van der Waals surface area contributed by atoms with E-state index in [1.807, 2.05) is 20.8 Å². The highest BCUT2D eigenvalue weighted by Gasteiger charge is 2.21. The minimum atomic E-state index is -1.08. The third-order valence-electron chi connectivity index (χ3n) is 5.27. The minimum absolute atomic E-state index is 0.0102. The lowest BCUT2D eigenvalue weighted by Crippen LogP contribution is -2.36. The largest absolute Gasteiger partial charge is 0.513 e. The van der Waals surface area contributed by atoms with Gasteiger partial charge in [-0.05, 0) is 50.3 Å². The fourth-order valence-corrected chi connectivity index (χ4v) is 3.16. The zero-order valence-corrected chi connectivity index (χ0v) is 23.9. The molecular weight excluding hydrogens is 526 g/mol. The fourth-order valence-electron chi connectivity index (χ4n) is 3.16. The van der Waals surface area contributed by atoms with E-state index in [9.17, 15) is 19.2 Å². The normalized spacial score (nSPS) is 12.0. The summed E-state index contributed by atoms with van der Waals surface area (Å²) >= 11 is 0. The Morgan fingerprint density at radius 1 is 0.725 bits per heavy atom. The van der Waals surface area contributed by atoms with Crippen LogP contribution in [0.5, 0.6) is 11.5 Å². The maximum absolute atomic E-state index is 12.4. The zero-order chi connectivity index (χ0) is 29.8. The van der Waals surface area contributed by atoms with E-state index in [2.05, 4.69) is 0 Å². The summed E-state index contributed by atoms with van der Waals surface area (Å²) in [4.78, 5) is 48.2. The van der Waals surface area contributed by atoms with Crippen molar-refractivity contribution in [2.45, 2.75) is 91.2 Å².